The van der Waals surface area contributed by atoms with Crippen molar-refractivity contribution in [1.29, 1.82) is 0 Å². The van der Waals surface area contributed by atoms with Gasteiger partial charge in [-0.1, -0.05) is 11.6 Å². The normalized spacial score (nSPS) is 9.83. The highest BCUT2D eigenvalue weighted by molar-refractivity contribution is 6.29. The Hall–Kier alpha value is -1.36. The molecule has 0 spiro atoms. The number of pyridine rings is 1. The van der Waals surface area contributed by atoms with E-state index in [9.17, 15) is 10.1 Å². The zero-order valence-corrected chi connectivity index (χ0v) is 6.87. The Kier molecular flexibility index (Phi) is 2.14. The lowest BCUT2D eigenvalue weighted by molar-refractivity contribution is -0.386. The third-order valence-electron chi connectivity index (χ3n) is 1.31. The van der Waals surface area contributed by atoms with E-state index in [-0.39, 0.29) is 10.8 Å². The second-order valence-electron chi connectivity index (χ2n) is 2.16. The van der Waals surface area contributed by atoms with Crippen LogP contribution in [0.1, 0.15) is 5.69 Å². The van der Waals surface area contributed by atoms with Gasteiger partial charge in [0, 0.05) is 0 Å². The summed E-state index contributed by atoms with van der Waals surface area (Å²) in [5, 5.41) is 19.4. The Morgan fingerprint density at radius 1 is 1.75 bits per heavy atom. The molecule has 0 atom stereocenters. The Morgan fingerprint density at radius 3 is 2.83 bits per heavy atom. The average molecular weight is 189 g/mol. The fraction of sp³-hybridized carbons (Fsp3) is 0.167. The molecule has 0 aliphatic carbocycles. The summed E-state index contributed by atoms with van der Waals surface area (Å²) in [5.41, 5.74) is -0.276. The Bertz CT molecular complexity index is 340. The van der Waals surface area contributed by atoms with E-state index in [2.05, 4.69) is 4.98 Å². The van der Waals surface area contributed by atoms with E-state index in [0.717, 1.165) is 6.07 Å². The van der Waals surface area contributed by atoms with Crippen LogP contribution >= 0.6 is 11.6 Å². The number of nitro groups is 1. The third-order valence-corrected chi connectivity index (χ3v) is 1.51. The minimum atomic E-state index is -0.712. The maximum Gasteiger partial charge on any atom is 0.315 e. The van der Waals surface area contributed by atoms with Crippen LogP contribution in [0.25, 0.3) is 0 Å². The summed E-state index contributed by atoms with van der Waals surface area (Å²) in [6.45, 7) is 1.44. The fourth-order valence-electron chi connectivity index (χ4n) is 0.751. The largest absolute Gasteiger partial charge is 0.501 e. The van der Waals surface area contributed by atoms with Crippen LogP contribution in [0.15, 0.2) is 6.07 Å². The molecular weight excluding hydrogens is 184 g/mol. The molecule has 0 aromatic carbocycles. The van der Waals surface area contributed by atoms with Crippen LogP contribution in [0, 0.1) is 17.0 Å². The monoisotopic (exact) mass is 188 g/mol. The Labute approximate surface area is 72.8 Å². The van der Waals surface area contributed by atoms with Gasteiger partial charge < -0.3 is 5.11 Å². The van der Waals surface area contributed by atoms with E-state index in [0.29, 0.717) is 0 Å². The quantitative estimate of drug-likeness (QED) is 0.413. The molecule has 1 N–H and O–H groups in total. The van der Waals surface area contributed by atoms with Gasteiger partial charge in [-0.25, -0.2) is 4.98 Å². The number of rotatable bonds is 1. The van der Waals surface area contributed by atoms with Gasteiger partial charge in [-0.15, -0.1) is 0 Å². The average Bonchev–Trinajstić information content (AvgIpc) is 1.96. The van der Waals surface area contributed by atoms with Crippen molar-refractivity contribution < 1.29 is 10.0 Å². The first-order valence-electron chi connectivity index (χ1n) is 3.03. The second-order valence-corrected chi connectivity index (χ2v) is 2.54. The van der Waals surface area contributed by atoms with Gasteiger partial charge in [0.1, 0.15) is 5.15 Å². The molecule has 5 nitrogen and oxygen atoms in total. The third kappa shape index (κ3) is 1.45. The van der Waals surface area contributed by atoms with Crippen molar-refractivity contribution >= 4 is 17.3 Å². The summed E-state index contributed by atoms with van der Waals surface area (Å²) in [6.07, 6.45) is 0. The van der Waals surface area contributed by atoms with Gasteiger partial charge in [0.25, 0.3) is 0 Å². The highest BCUT2D eigenvalue weighted by Crippen LogP contribution is 2.29. The standard InChI is InChI=1S/C6H5ClN2O3/c1-3-6(10)4(9(11)12)2-5(7)8-3/h2,10H,1H3. The van der Waals surface area contributed by atoms with Crippen molar-refractivity contribution in [2.45, 2.75) is 6.92 Å². The van der Waals surface area contributed by atoms with Crippen molar-refractivity contribution in [3.05, 3.63) is 27.0 Å². The van der Waals surface area contributed by atoms with Crippen LogP contribution in [0.3, 0.4) is 0 Å². The van der Waals surface area contributed by atoms with Gasteiger partial charge in [-0.3, -0.25) is 10.1 Å². The molecule has 64 valence electrons. The first kappa shape index (κ1) is 8.73. The number of aromatic nitrogens is 1. The first-order chi connectivity index (χ1) is 5.52. The van der Waals surface area contributed by atoms with Gasteiger partial charge >= 0.3 is 5.69 Å². The highest BCUT2D eigenvalue weighted by Gasteiger charge is 2.17. The summed E-state index contributed by atoms with van der Waals surface area (Å²) in [6, 6.07) is 1.00. The summed E-state index contributed by atoms with van der Waals surface area (Å²) in [5.74, 6) is -0.440. The smallest absolute Gasteiger partial charge is 0.315 e. The molecule has 0 saturated carbocycles. The van der Waals surface area contributed by atoms with Crippen LogP contribution in [0.4, 0.5) is 5.69 Å². The van der Waals surface area contributed by atoms with Crippen LogP contribution < -0.4 is 0 Å². The van der Waals surface area contributed by atoms with Crippen LogP contribution in [-0.2, 0) is 0 Å². The molecule has 0 bridgehead atoms. The zero-order valence-electron chi connectivity index (χ0n) is 6.11. The number of nitrogens with zero attached hydrogens (tertiary/aromatic N) is 2. The molecule has 1 heterocycles. The molecule has 0 aliphatic heterocycles. The van der Waals surface area contributed by atoms with E-state index in [1.54, 1.807) is 0 Å². The van der Waals surface area contributed by atoms with Crippen molar-refractivity contribution in [3.63, 3.8) is 0 Å². The molecule has 0 unspecified atom stereocenters. The van der Waals surface area contributed by atoms with Crippen LogP contribution in [0.2, 0.25) is 5.15 Å². The molecule has 0 radical (unpaired) electrons. The van der Waals surface area contributed by atoms with Gasteiger partial charge in [-0.05, 0) is 6.92 Å². The lowest BCUT2D eigenvalue weighted by Gasteiger charge is -1.98. The number of hydrogen-bond acceptors (Lipinski definition) is 4. The molecule has 1 rings (SSSR count). The highest BCUT2D eigenvalue weighted by atomic mass is 35.5. The number of aromatic hydroxyl groups is 1. The van der Waals surface area contributed by atoms with Gasteiger partial charge in [-0.2, -0.15) is 0 Å². The minimum absolute atomic E-state index is 0.00278. The van der Waals surface area contributed by atoms with Crippen molar-refractivity contribution in [2.24, 2.45) is 0 Å². The summed E-state index contributed by atoms with van der Waals surface area (Å²) >= 11 is 5.44. The zero-order chi connectivity index (χ0) is 9.30. The van der Waals surface area contributed by atoms with E-state index < -0.39 is 16.4 Å². The van der Waals surface area contributed by atoms with E-state index in [1.807, 2.05) is 0 Å². The molecule has 0 aliphatic rings. The minimum Gasteiger partial charge on any atom is -0.501 e. The lowest BCUT2D eigenvalue weighted by Crippen LogP contribution is -1.92. The Morgan fingerprint density at radius 2 is 2.33 bits per heavy atom. The summed E-state index contributed by atoms with van der Waals surface area (Å²) < 4.78 is 0. The summed E-state index contributed by atoms with van der Waals surface area (Å²) in [4.78, 5) is 13.2. The maximum absolute atomic E-state index is 10.3. The molecule has 1 aromatic rings. The Balaban J connectivity index is 3.37. The van der Waals surface area contributed by atoms with E-state index in [4.69, 9.17) is 16.7 Å². The number of aryl methyl sites for hydroxylation is 1. The molecule has 0 amide bonds. The molecule has 6 heteroatoms. The van der Waals surface area contributed by atoms with Gasteiger partial charge in [0.2, 0.25) is 5.75 Å². The fourth-order valence-corrected chi connectivity index (χ4v) is 0.981. The molecule has 0 saturated heterocycles. The lowest BCUT2D eigenvalue weighted by atomic mass is 10.3. The van der Waals surface area contributed by atoms with E-state index >= 15 is 0 Å². The topological polar surface area (TPSA) is 76.3 Å². The SMILES string of the molecule is Cc1nc(Cl)cc([N+](=O)[O-])c1O. The molecule has 12 heavy (non-hydrogen) atoms. The molecule has 0 fully saturated rings. The number of hydrogen-bond donors (Lipinski definition) is 1. The molecule has 1 aromatic heterocycles. The van der Waals surface area contributed by atoms with Crippen LogP contribution in [0.5, 0.6) is 5.75 Å². The number of halogens is 1. The van der Waals surface area contributed by atoms with Crippen molar-refractivity contribution in [3.8, 4) is 5.75 Å². The van der Waals surface area contributed by atoms with Gasteiger partial charge in [0.15, 0.2) is 0 Å². The summed E-state index contributed by atoms with van der Waals surface area (Å²) in [7, 11) is 0. The predicted molar refractivity (Wildman–Crippen MR) is 42.3 cm³/mol. The second kappa shape index (κ2) is 2.94. The van der Waals surface area contributed by atoms with Gasteiger partial charge in [0.05, 0.1) is 16.7 Å². The maximum atomic E-state index is 10.3. The van der Waals surface area contributed by atoms with Crippen LogP contribution in [-0.4, -0.2) is 15.0 Å². The van der Waals surface area contributed by atoms with E-state index in [1.165, 1.54) is 6.92 Å². The first-order valence-corrected chi connectivity index (χ1v) is 3.40. The predicted octanol–water partition coefficient (Wildman–Crippen LogP) is 1.66. The van der Waals surface area contributed by atoms with Crippen molar-refractivity contribution in [2.75, 3.05) is 0 Å². The van der Waals surface area contributed by atoms with Crippen molar-refractivity contribution in [1.82, 2.24) is 4.98 Å². The molecular formula is C6H5ClN2O3.